The van der Waals surface area contributed by atoms with E-state index in [0.29, 0.717) is 0 Å². The van der Waals surface area contributed by atoms with E-state index in [9.17, 15) is 9.90 Å². The molecule has 0 bridgehead atoms. The van der Waals surface area contributed by atoms with Gasteiger partial charge in [0.15, 0.2) is 0 Å². The third kappa shape index (κ3) is 4.68. The molecule has 1 N–H and O–H groups in total. The zero-order chi connectivity index (χ0) is 10.4. The quantitative estimate of drug-likeness (QED) is 0.533. The van der Waals surface area contributed by atoms with Gasteiger partial charge in [0.25, 0.3) is 0 Å². The largest absolute Gasteiger partial charge is 0.466 e. The Morgan fingerprint density at radius 2 is 1.92 bits per heavy atom. The lowest BCUT2D eigenvalue weighted by atomic mass is 9.95. The van der Waals surface area contributed by atoms with E-state index in [1.54, 1.807) is 6.08 Å². The Kier molecular flexibility index (Phi) is 5.39. The normalized spacial score (nSPS) is 16.2. The van der Waals surface area contributed by atoms with Crippen molar-refractivity contribution in [3.63, 3.8) is 0 Å². The van der Waals surface area contributed by atoms with Gasteiger partial charge in [-0.05, 0) is 5.92 Å². The summed E-state index contributed by atoms with van der Waals surface area (Å²) in [4.78, 5) is 10.7. The molecule has 0 spiro atoms. The zero-order valence-electron chi connectivity index (χ0n) is 8.65. The molecule has 0 radical (unpaired) electrons. The maximum absolute atomic E-state index is 10.7. The van der Waals surface area contributed by atoms with Gasteiger partial charge in [-0.25, -0.2) is 4.79 Å². The van der Waals surface area contributed by atoms with Crippen molar-refractivity contribution in [3.05, 3.63) is 12.2 Å². The van der Waals surface area contributed by atoms with E-state index in [2.05, 4.69) is 4.74 Å². The third-order valence-electron chi connectivity index (χ3n) is 1.96. The minimum absolute atomic E-state index is 0.0286. The van der Waals surface area contributed by atoms with Crippen molar-refractivity contribution >= 4 is 5.97 Å². The highest BCUT2D eigenvalue weighted by Gasteiger charge is 2.15. The second-order valence-electron chi connectivity index (χ2n) is 3.48. The molecule has 0 aromatic carbocycles. The Labute approximate surface area is 79.4 Å². The molecule has 0 aromatic rings. The summed E-state index contributed by atoms with van der Waals surface area (Å²) < 4.78 is 4.43. The van der Waals surface area contributed by atoms with E-state index in [1.165, 1.54) is 13.2 Å². The first-order valence-corrected chi connectivity index (χ1v) is 4.43. The minimum Gasteiger partial charge on any atom is -0.466 e. The van der Waals surface area contributed by atoms with Crippen LogP contribution in [0.5, 0.6) is 0 Å². The molecule has 2 atom stereocenters. The number of carbonyl (C=O) groups excluding carboxylic acids is 1. The van der Waals surface area contributed by atoms with Crippen molar-refractivity contribution in [2.75, 3.05) is 7.11 Å². The molecule has 0 aliphatic heterocycles. The molecule has 0 aliphatic carbocycles. The molecule has 0 unspecified atom stereocenters. The number of methoxy groups -OCH3 is 1. The van der Waals surface area contributed by atoms with Crippen molar-refractivity contribution in [3.8, 4) is 0 Å². The molecule has 0 aromatic heterocycles. The van der Waals surface area contributed by atoms with E-state index in [-0.39, 0.29) is 17.8 Å². The lowest BCUT2D eigenvalue weighted by Crippen LogP contribution is -2.22. The van der Waals surface area contributed by atoms with E-state index in [0.717, 1.165) is 0 Å². The lowest BCUT2D eigenvalue weighted by Gasteiger charge is -2.18. The first-order chi connectivity index (χ1) is 5.99. The Morgan fingerprint density at radius 3 is 2.31 bits per heavy atom. The van der Waals surface area contributed by atoms with Gasteiger partial charge in [0.05, 0.1) is 13.2 Å². The second kappa shape index (κ2) is 5.75. The fraction of sp³-hybridized carbons (Fsp3) is 0.700. The van der Waals surface area contributed by atoms with Gasteiger partial charge >= 0.3 is 5.97 Å². The van der Waals surface area contributed by atoms with E-state index < -0.39 is 6.10 Å². The van der Waals surface area contributed by atoms with Gasteiger partial charge in [0.2, 0.25) is 0 Å². The van der Waals surface area contributed by atoms with Crippen LogP contribution in [0.25, 0.3) is 0 Å². The highest BCUT2D eigenvalue weighted by atomic mass is 16.5. The molecular formula is C10H18O3. The van der Waals surface area contributed by atoms with Crippen LogP contribution < -0.4 is 0 Å². The molecule has 13 heavy (non-hydrogen) atoms. The Morgan fingerprint density at radius 1 is 1.38 bits per heavy atom. The number of hydrogen-bond donors (Lipinski definition) is 1. The average molecular weight is 186 g/mol. The molecule has 76 valence electrons. The van der Waals surface area contributed by atoms with Crippen molar-refractivity contribution in [2.45, 2.75) is 26.9 Å². The summed E-state index contributed by atoms with van der Waals surface area (Å²) in [5, 5.41) is 9.58. The SMILES string of the molecule is COC(=O)/C=C/[C@@H](C)[C@H](O)C(C)C. The van der Waals surface area contributed by atoms with Crippen molar-refractivity contribution < 1.29 is 14.6 Å². The van der Waals surface area contributed by atoms with Crippen molar-refractivity contribution in [1.29, 1.82) is 0 Å². The minimum atomic E-state index is -0.416. The monoisotopic (exact) mass is 186 g/mol. The Bertz CT molecular complexity index is 185. The molecule has 0 aliphatic rings. The van der Waals surface area contributed by atoms with Gasteiger partial charge in [-0.15, -0.1) is 0 Å². The van der Waals surface area contributed by atoms with E-state index in [1.807, 2.05) is 20.8 Å². The average Bonchev–Trinajstić information content (AvgIpc) is 2.11. The fourth-order valence-corrected chi connectivity index (χ4v) is 1.02. The number of hydrogen-bond acceptors (Lipinski definition) is 3. The zero-order valence-corrected chi connectivity index (χ0v) is 8.65. The van der Waals surface area contributed by atoms with Crippen LogP contribution in [0.1, 0.15) is 20.8 Å². The van der Waals surface area contributed by atoms with Gasteiger partial charge in [0.1, 0.15) is 0 Å². The molecule has 0 heterocycles. The molecule has 0 saturated carbocycles. The van der Waals surface area contributed by atoms with Crippen LogP contribution in [0, 0.1) is 11.8 Å². The first-order valence-electron chi connectivity index (χ1n) is 4.43. The summed E-state index contributed by atoms with van der Waals surface area (Å²) in [6.07, 6.45) is 2.59. The predicted octanol–water partition coefficient (Wildman–Crippen LogP) is 1.37. The molecular weight excluding hydrogens is 168 g/mol. The molecule has 0 saturated heterocycles. The van der Waals surface area contributed by atoms with Gasteiger partial charge in [0, 0.05) is 12.0 Å². The van der Waals surface area contributed by atoms with E-state index >= 15 is 0 Å². The highest BCUT2D eigenvalue weighted by molar-refractivity contribution is 5.81. The molecule has 0 fully saturated rings. The third-order valence-corrected chi connectivity index (χ3v) is 1.96. The Balaban J connectivity index is 4.06. The van der Waals surface area contributed by atoms with E-state index in [4.69, 9.17) is 0 Å². The van der Waals surface area contributed by atoms with Crippen LogP contribution in [0.15, 0.2) is 12.2 Å². The maximum atomic E-state index is 10.7. The van der Waals surface area contributed by atoms with Crippen LogP contribution >= 0.6 is 0 Å². The standard InChI is InChI=1S/C10H18O3/c1-7(2)10(12)8(3)5-6-9(11)13-4/h5-8,10,12H,1-4H3/b6-5+/t8-,10-/m1/s1. The van der Waals surface area contributed by atoms with Crippen molar-refractivity contribution in [1.82, 2.24) is 0 Å². The van der Waals surface area contributed by atoms with Crippen LogP contribution in [0.4, 0.5) is 0 Å². The summed E-state index contributed by atoms with van der Waals surface area (Å²) in [6.45, 7) is 5.74. The predicted molar refractivity (Wildman–Crippen MR) is 51.2 cm³/mol. The van der Waals surface area contributed by atoms with Gasteiger partial charge < -0.3 is 9.84 Å². The number of aliphatic hydroxyl groups excluding tert-OH is 1. The van der Waals surface area contributed by atoms with Gasteiger partial charge in [-0.2, -0.15) is 0 Å². The van der Waals surface area contributed by atoms with Gasteiger partial charge in [-0.1, -0.05) is 26.8 Å². The summed E-state index contributed by atoms with van der Waals surface area (Å²) in [7, 11) is 1.33. The summed E-state index contributed by atoms with van der Waals surface area (Å²) in [6, 6.07) is 0. The number of carbonyl (C=O) groups is 1. The smallest absolute Gasteiger partial charge is 0.330 e. The van der Waals surface area contributed by atoms with Crippen LogP contribution in [0.2, 0.25) is 0 Å². The molecule has 0 rings (SSSR count). The second-order valence-corrected chi connectivity index (χ2v) is 3.48. The van der Waals surface area contributed by atoms with Crippen LogP contribution in [-0.4, -0.2) is 24.3 Å². The number of rotatable bonds is 4. The number of ether oxygens (including phenoxy) is 1. The molecule has 3 heteroatoms. The fourth-order valence-electron chi connectivity index (χ4n) is 1.02. The number of aliphatic hydroxyl groups is 1. The molecule has 3 nitrogen and oxygen atoms in total. The topological polar surface area (TPSA) is 46.5 Å². The highest BCUT2D eigenvalue weighted by Crippen LogP contribution is 2.13. The maximum Gasteiger partial charge on any atom is 0.330 e. The van der Waals surface area contributed by atoms with Crippen LogP contribution in [0.3, 0.4) is 0 Å². The van der Waals surface area contributed by atoms with Gasteiger partial charge in [-0.3, -0.25) is 0 Å². The molecule has 0 amide bonds. The Hall–Kier alpha value is -0.830. The first kappa shape index (κ1) is 12.2. The summed E-state index contributed by atoms with van der Waals surface area (Å²) in [5.74, 6) is -0.223. The van der Waals surface area contributed by atoms with Crippen LogP contribution in [-0.2, 0) is 9.53 Å². The summed E-state index contributed by atoms with van der Waals surface area (Å²) >= 11 is 0. The van der Waals surface area contributed by atoms with Crippen molar-refractivity contribution in [2.24, 2.45) is 11.8 Å². The lowest BCUT2D eigenvalue weighted by molar-refractivity contribution is -0.134. The number of esters is 1. The summed E-state index contributed by atoms with van der Waals surface area (Å²) in [5.41, 5.74) is 0.